The van der Waals surface area contributed by atoms with Crippen molar-refractivity contribution in [3.8, 4) is 11.2 Å². The third-order valence-corrected chi connectivity index (χ3v) is 11.0. The van der Waals surface area contributed by atoms with Crippen LogP contribution in [0.2, 0.25) is 0 Å². The summed E-state index contributed by atoms with van der Waals surface area (Å²) in [6.45, 7) is 1.83. The van der Waals surface area contributed by atoms with E-state index >= 15 is 0 Å². The van der Waals surface area contributed by atoms with Gasteiger partial charge in [0.15, 0.2) is 10.7 Å². The summed E-state index contributed by atoms with van der Waals surface area (Å²) in [7, 11) is -4.09. The molecule has 1 aliphatic carbocycles. The van der Waals surface area contributed by atoms with Crippen molar-refractivity contribution in [1.29, 1.82) is 5.26 Å². The van der Waals surface area contributed by atoms with Gasteiger partial charge in [-0.2, -0.15) is 9.98 Å². The second-order valence-electron chi connectivity index (χ2n) is 11.4. The van der Waals surface area contributed by atoms with Gasteiger partial charge in [0.25, 0.3) is 6.43 Å². The molecular formula is C27H27F2N9O4S2. The molecule has 2 aliphatic heterocycles. The van der Waals surface area contributed by atoms with E-state index in [1.165, 1.54) is 23.0 Å². The topological polar surface area (TPSA) is 170 Å². The molecule has 1 atom stereocenters. The average molecular weight is 644 g/mol. The quantitative estimate of drug-likeness (QED) is 0.321. The lowest BCUT2D eigenvalue weighted by Gasteiger charge is -2.34. The van der Waals surface area contributed by atoms with Crippen LogP contribution in [0.5, 0.6) is 0 Å². The van der Waals surface area contributed by atoms with Crippen molar-refractivity contribution in [2.24, 2.45) is 0 Å². The van der Waals surface area contributed by atoms with Crippen LogP contribution < -0.4 is 4.72 Å². The number of nitriles is 1. The molecule has 3 aromatic heterocycles. The van der Waals surface area contributed by atoms with Crippen LogP contribution >= 0.6 is 11.3 Å². The number of nitrogens with zero attached hydrogens (tertiary/aromatic N) is 8. The SMILES string of the molecule is N#CC1(NS(=O)(=O)c2ccc3c4c(C5CCN(C(=O)N6CCC(O)C6)CC5)ncnc4n(-c4nnc(C(F)F)s4)c3c2)CC1. The van der Waals surface area contributed by atoms with E-state index in [-0.39, 0.29) is 22.0 Å². The fraction of sp³-hybridized carbons (Fsp3) is 0.481. The number of sulfonamides is 1. The highest BCUT2D eigenvalue weighted by atomic mass is 32.2. The van der Waals surface area contributed by atoms with E-state index in [4.69, 9.17) is 0 Å². The summed E-state index contributed by atoms with van der Waals surface area (Å²) in [5.74, 6) is -0.0609. The maximum absolute atomic E-state index is 13.5. The van der Waals surface area contributed by atoms with Crippen molar-refractivity contribution in [2.75, 3.05) is 26.2 Å². The number of hydrogen-bond acceptors (Lipinski definition) is 10. The monoisotopic (exact) mass is 643 g/mol. The van der Waals surface area contributed by atoms with Crippen molar-refractivity contribution in [2.45, 2.75) is 61.0 Å². The molecule has 1 aromatic carbocycles. The smallest absolute Gasteiger partial charge is 0.320 e. The number of urea groups is 1. The van der Waals surface area contributed by atoms with E-state index < -0.39 is 33.1 Å². The molecule has 3 fully saturated rings. The molecule has 2 saturated heterocycles. The minimum Gasteiger partial charge on any atom is -0.391 e. The van der Waals surface area contributed by atoms with E-state index in [9.17, 15) is 32.4 Å². The number of alkyl halides is 2. The predicted octanol–water partition coefficient (Wildman–Crippen LogP) is 3.06. The molecule has 17 heteroatoms. The predicted molar refractivity (Wildman–Crippen MR) is 154 cm³/mol. The Balaban J connectivity index is 1.29. The first kappa shape index (κ1) is 28.9. The number of aliphatic hydroxyl groups is 1. The Kier molecular flexibility index (Phi) is 6.99. The summed E-state index contributed by atoms with van der Waals surface area (Å²) in [5.41, 5.74) is 0.305. The van der Waals surface area contributed by atoms with Gasteiger partial charge in [-0.15, -0.1) is 10.2 Å². The third-order valence-electron chi connectivity index (χ3n) is 8.55. The zero-order valence-corrected chi connectivity index (χ0v) is 24.9. The van der Waals surface area contributed by atoms with Crippen LogP contribution in [-0.4, -0.2) is 91.9 Å². The number of β-amino-alcohol motifs (C(OH)–C–C–N with tert-alkyl or cyclic N) is 1. The lowest BCUT2D eigenvalue weighted by molar-refractivity contribution is 0.136. The Morgan fingerprint density at radius 1 is 1.14 bits per heavy atom. The van der Waals surface area contributed by atoms with Crippen LogP contribution in [0.4, 0.5) is 13.6 Å². The van der Waals surface area contributed by atoms with Crippen LogP contribution in [0.3, 0.4) is 0 Å². The van der Waals surface area contributed by atoms with Crippen molar-refractivity contribution in [3.05, 3.63) is 35.2 Å². The largest absolute Gasteiger partial charge is 0.391 e. The number of fused-ring (bicyclic) bond motifs is 3. The Labute approximate surface area is 254 Å². The van der Waals surface area contributed by atoms with E-state index in [0.717, 1.165) is 0 Å². The minimum atomic E-state index is -4.09. The number of piperidine rings is 1. The average Bonchev–Trinajstić information content (AvgIpc) is 3.33. The number of nitrogens with one attached hydrogen (secondary N) is 1. The number of amides is 2. The van der Waals surface area contributed by atoms with Crippen molar-refractivity contribution in [1.82, 2.24) is 39.3 Å². The van der Waals surface area contributed by atoms with Gasteiger partial charge in [-0.1, -0.05) is 17.4 Å². The van der Waals surface area contributed by atoms with Crippen molar-refractivity contribution in [3.63, 3.8) is 0 Å². The van der Waals surface area contributed by atoms with E-state index in [2.05, 4.69) is 24.9 Å². The van der Waals surface area contributed by atoms with Crippen LogP contribution in [0, 0.1) is 11.3 Å². The Morgan fingerprint density at radius 3 is 2.52 bits per heavy atom. The third kappa shape index (κ3) is 4.95. The molecule has 7 rings (SSSR count). The highest BCUT2D eigenvalue weighted by molar-refractivity contribution is 7.89. The summed E-state index contributed by atoms with van der Waals surface area (Å²) < 4.78 is 57.6. The number of benzene rings is 1. The first-order chi connectivity index (χ1) is 21.1. The molecular weight excluding hydrogens is 616 g/mol. The minimum absolute atomic E-state index is 0.0609. The molecule has 1 saturated carbocycles. The van der Waals surface area contributed by atoms with Gasteiger partial charge in [-0.25, -0.2) is 32.0 Å². The molecule has 0 radical (unpaired) electrons. The maximum Gasteiger partial charge on any atom is 0.320 e. The molecule has 2 amide bonds. The summed E-state index contributed by atoms with van der Waals surface area (Å²) in [6, 6.07) is 6.42. The van der Waals surface area contributed by atoms with Gasteiger partial charge < -0.3 is 14.9 Å². The van der Waals surface area contributed by atoms with Crippen LogP contribution in [-0.2, 0) is 10.0 Å². The van der Waals surface area contributed by atoms with E-state index in [1.807, 2.05) is 6.07 Å². The lowest BCUT2D eigenvalue weighted by Crippen LogP contribution is -2.45. The molecule has 0 bridgehead atoms. The van der Waals surface area contributed by atoms with Gasteiger partial charge in [-0.3, -0.25) is 4.57 Å². The number of halogens is 2. The molecule has 5 heterocycles. The first-order valence-corrected chi connectivity index (χ1v) is 16.5. The summed E-state index contributed by atoms with van der Waals surface area (Å²) in [5, 5.41) is 27.7. The first-order valence-electron chi connectivity index (χ1n) is 14.2. The highest BCUT2D eigenvalue weighted by Gasteiger charge is 2.47. The highest BCUT2D eigenvalue weighted by Crippen LogP contribution is 2.41. The van der Waals surface area contributed by atoms with Crippen molar-refractivity contribution < 1.29 is 27.1 Å². The molecule has 3 aliphatic rings. The van der Waals surface area contributed by atoms with Gasteiger partial charge >= 0.3 is 6.03 Å². The number of likely N-dealkylation sites (tertiary alicyclic amines) is 2. The van der Waals surface area contributed by atoms with E-state index in [1.54, 1.807) is 15.9 Å². The summed E-state index contributed by atoms with van der Waals surface area (Å²) >= 11 is 0.678. The summed E-state index contributed by atoms with van der Waals surface area (Å²) in [6.07, 6.45) is 0.665. The fourth-order valence-electron chi connectivity index (χ4n) is 6.05. The zero-order valence-electron chi connectivity index (χ0n) is 23.2. The Bertz CT molecular complexity index is 1930. The number of carbonyl (C=O) groups excluding carboxylic acids is 1. The van der Waals surface area contributed by atoms with E-state index in [0.29, 0.717) is 97.3 Å². The number of rotatable bonds is 6. The van der Waals surface area contributed by atoms with Crippen LogP contribution in [0.25, 0.3) is 27.1 Å². The van der Waals surface area contributed by atoms with Crippen molar-refractivity contribution >= 4 is 49.3 Å². The number of carbonyl (C=O) groups is 1. The van der Waals surface area contributed by atoms with Crippen LogP contribution in [0.1, 0.15) is 55.1 Å². The van der Waals surface area contributed by atoms with Gasteiger partial charge in [0.1, 0.15) is 11.9 Å². The molecule has 0 spiro atoms. The number of aromatic nitrogens is 5. The molecule has 44 heavy (non-hydrogen) atoms. The summed E-state index contributed by atoms with van der Waals surface area (Å²) in [4.78, 5) is 25.4. The normalized spacial score (nSPS) is 20.6. The second-order valence-corrected chi connectivity index (χ2v) is 14.1. The van der Waals surface area contributed by atoms with Gasteiger partial charge in [0.2, 0.25) is 15.2 Å². The van der Waals surface area contributed by atoms with Gasteiger partial charge in [0, 0.05) is 42.9 Å². The van der Waals surface area contributed by atoms with Gasteiger partial charge in [0.05, 0.1) is 28.3 Å². The molecule has 1 unspecified atom stereocenters. The molecule has 2 N–H and O–H groups in total. The fourth-order valence-corrected chi connectivity index (χ4v) is 8.16. The number of hydrogen-bond donors (Lipinski definition) is 2. The molecule has 230 valence electrons. The standard InChI is InChI=1S/C27H27F2N9O4S2/c28-22(29)24-33-34-25(43-24)38-19-11-17(44(41,42)35-27(13-30)6-7-27)1-2-18(19)20-21(31-14-32-23(20)38)15-3-8-36(9-4-15)26(40)37-10-5-16(39)12-37/h1-2,11,14-16,22,35,39H,3-10,12H2. The Hall–Kier alpha value is -3.85. The zero-order chi connectivity index (χ0) is 30.8. The number of aliphatic hydroxyl groups excluding tert-OH is 1. The second kappa shape index (κ2) is 10.6. The molecule has 4 aromatic rings. The van der Waals surface area contributed by atoms with Gasteiger partial charge in [-0.05, 0) is 44.2 Å². The molecule has 13 nitrogen and oxygen atoms in total. The maximum atomic E-state index is 13.5. The lowest BCUT2D eigenvalue weighted by atomic mass is 9.91. The van der Waals surface area contributed by atoms with Crippen LogP contribution in [0.15, 0.2) is 29.4 Å². The Morgan fingerprint density at radius 2 is 1.89 bits per heavy atom.